The first-order valence-corrected chi connectivity index (χ1v) is 18.8. The SMILES string of the molecule is Cc1ccccc1CNC(=O)c1ccc2nc(-c3n[nH]c4ccccc34)[nH]c2c1.O=C(NCc1ccc(Cl)nc1)c1ccc2nc(-c3n[nH]c4ccccc34)[nH]c2c1. The Balaban J connectivity index is 0.000000150. The van der Waals surface area contributed by atoms with Crippen molar-refractivity contribution in [2.24, 2.45) is 0 Å². The Labute approximate surface area is 335 Å². The quantitative estimate of drug-likeness (QED) is 0.0835. The molecule has 5 aromatic heterocycles. The van der Waals surface area contributed by atoms with Gasteiger partial charge in [-0.15, -0.1) is 0 Å². The van der Waals surface area contributed by atoms with Crippen LogP contribution >= 0.6 is 11.6 Å². The maximum atomic E-state index is 12.6. The largest absolute Gasteiger partial charge is 0.348 e. The molecule has 0 aliphatic heterocycles. The van der Waals surface area contributed by atoms with E-state index in [9.17, 15) is 9.59 Å². The molecule has 284 valence electrons. The average Bonchev–Trinajstić information content (AvgIpc) is 4.07. The lowest BCUT2D eigenvalue weighted by Crippen LogP contribution is -2.23. The van der Waals surface area contributed by atoms with Gasteiger partial charge < -0.3 is 20.6 Å². The summed E-state index contributed by atoms with van der Waals surface area (Å²) in [7, 11) is 0. The number of nitrogens with one attached hydrogen (secondary N) is 6. The maximum absolute atomic E-state index is 12.6. The van der Waals surface area contributed by atoms with E-state index in [1.165, 1.54) is 0 Å². The number of amides is 2. The summed E-state index contributed by atoms with van der Waals surface area (Å²) >= 11 is 5.78. The molecule has 2 amide bonds. The van der Waals surface area contributed by atoms with Gasteiger partial charge in [-0.1, -0.05) is 78.3 Å². The van der Waals surface area contributed by atoms with Gasteiger partial charge in [-0.25, -0.2) is 15.0 Å². The second-order valence-electron chi connectivity index (χ2n) is 13.7. The van der Waals surface area contributed by atoms with Gasteiger partial charge in [0.25, 0.3) is 11.8 Å². The number of hydrogen-bond donors (Lipinski definition) is 6. The van der Waals surface area contributed by atoms with Crippen molar-refractivity contribution >= 4 is 67.3 Å². The van der Waals surface area contributed by atoms with Crippen LogP contribution in [0.1, 0.15) is 37.4 Å². The van der Waals surface area contributed by atoms with Gasteiger partial charge in [-0.2, -0.15) is 10.2 Å². The zero-order chi connectivity index (χ0) is 39.6. The van der Waals surface area contributed by atoms with Crippen molar-refractivity contribution < 1.29 is 9.59 Å². The number of aryl methyl sites for hydroxylation is 1. The highest BCUT2D eigenvalue weighted by Gasteiger charge is 2.16. The summed E-state index contributed by atoms with van der Waals surface area (Å²) in [6.45, 7) is 2.91. The van der Waals surface area contributed by atoms with E-state index in [2.05, 4.69) is 55.9 Å². The summed E-state index contributed by atoms with van der Waals surface area (Å²) in [6.07, 6.45) is 1.64. The molecule has 0 saturated carbocycles. The molecule has 6 N–H and O–H groups in total. The van der Waals surface area contributed by atoms with Crippen molar-refractivity contribution in [1.29, 1.82) is 0 Å². The minimum atomic E-state index is -0.178. The number of imidazole rings is 2. The Morgan fingerprint density at radius 2 is 1.14 bits per heavy atom. The summed E-state index contributed by atoms with van der Waals surface area (Å²) in [5.41, 5.74) is 10.8. The predicted octanol–water partition coefficient (Wildman–Crippen LogP) is 8.43. The molecule has 0 saturated heterocycles. The van der Waals surface area contributed by atoms with Gasteiger partial charge >= 0.3 is 0 Å². The van der Waals surface area contributed by atoms with Crippen LogP contribution in [0.4, 0.5) is 0 Å². The van der Waals surface area contributed by atoms with Gasteiger partial charge in [0.05, 0.1) is 33.1 Å². The number of aromatic amines is 4. The van der Waals surface area contributed by atoms with Crippen molar-refractivity contribution in [1.82, 2.24) is 55.9 Å². The predicted molar refractivity (Wildman–Crippen MR) is 225 cm³/mol. The molecular formula is C44H34ClN11O2. The first kappa shape index (κ1) is 36.0. The van der Waals surface area contributed by atoms with Gasteiger partial charge in [0.15, 0.2) is 11.6 Å². The highest BCUT2D eigenvalue weighted by atomic mass is 35.5. The minimum absolute atomic E-state index is 0.114. The van der Waals surface area contributed by atoms with Gasteiger partial charge in [-0.05, 0) is 78.2 Å². The number of para-hydroxylation sites is 2. The molecule has 14 heteroatoms. The van der Waals surface area contributed by atoms with E-state index in [4.69, 9.17) is 11.6 Å². The first-order chi connectivity index (χ1) is 28.4. The molecule has 0 unspecified atom stereocenters. The van der Waals surface area contributed by atoms with Crippen LogP contribution in [-0.4, -0.2) is 57.1 Å². The van der Waals surface area contributed by atoms with Crippen LogP contribution in [0, 0.1) is 6.92 Å². The molecule has 10 aromatic rings. The monoisotopic (exact) mass is 783 g/mol. The number of aromatic nitrogens is 9. The molecule has 13 nitrogen and oxygen atoms in total. The van der Waals surface area contributed by atoms with E-state index in [0.29, 0.717) is 41.0 Å². The van der Waals surface area contributed by atoms with E-state index in [-0.39, 0.29) is 11.8 Å². The van der Waals surface area contributed by atoms with Crippen molar-refractivity contribution in [3.63, 3.8) is 0 Å². The fraction of sp³-hybridized carbons (Fsp3) is 0.0682. The molecule has 10 rings (SSSR count). The lowest BCUT2D eigenvalue weighted by atomic mass is 10.1. The number of halogens is 1. The molecule has 0 spiro atoms. The van der Waals surface area contributed by atoms with E-state index in [1.807, 2.05) is 104 Å². The van der Waals surface area contributed by atoms with Crippen LogP contribution in [0.2, 0.25) is 5.15 Å². The Kier molecular flexibility index (Phi) is 9.61. The van der Waals surface area contributed by atoms with Crippen molar-refractivity contribution in [2.75, 3.05) is 0 Å². The molecule has 0 aliphatic rings. The molecule has 0 atom stereocenters. The van der Waals surface area contributed by atoms with Crippen LogP contribution in [0.15, 0.2) is 128 Å². The molecule has 0 fully saturated rings. The summed E-state index contributed by atoms with van der Waals surface area (Å²) in [5.74, 6) is 1.04. The lowest BCUT2D eigenvalue weighted by molar-refractivity contribution is 0.0943. The third kappa shape index (κ3) is 7.36. The Morgan fingerprint density at radius 3 is 1.69 bits per heavy atom. The first-order valence-electron chi connectivity index (χ1n) is 18.4. The number of H-pyrrole nitrogens is 4. The molecule has 5 heterocycles. The third-order valence-electron chi connectivity index (χ3n) is 9.82. The number of carbonyl (C=O) groups excluding carboxylic acids is 2. The summed E-state index contributed by atoms with van der Waals surface area (Å²) in [6, 6.07) is 38.2. The van der Waals surface area contributed by atoms with Gasteiger partial charge in [-0.3, -0.25) is 19.8 Å². The topological polar surface area (TPSA) is 186 Å². The van der Waals surface area contributed by atoms with Crippen molar-refractivity contribution in [2.45, 2.75) is 20.0 Å². The van der Waals surface area contributed by atoms with E-state index in [0.717, 1.165) is 72.0 Å². The molecule has 58 heavy (non-hydrogen) atoms. The highest BCUT2D eigenvalue weighted by molar-refractivity contribution is 6.29. The van der Waals surface area contributed by atoms with E-state index in [1.54, 1.807) is 30.5 Å². The summed E-state index contributed by atoms with van der Waals surface area (Å²) in [4.78, 5) is 45.0. The lowest BCUT2D eigenvalue weighted by Gasteiger charge is -2.08. The number of hydrogen-bond acceptors (Lipinski definition) is 7. The molecular weight excluding hydrogens is 750 g/mol. The normalized spacial score (nSPS) is 11.2. The number of carbonyl (C=O) groups is 2. The second-order valence-corrected chi connectivity index (χ2v) is 14.0. The van der Waals surface area contributed by atoms with Gasteiger partial charge in [0.1, 0.15) is 16.5 Å². The smallest absolute Gasteiger partial charge is 0.251 e. The van der Waals surface area contributed by atoms with Crippen LogP contribution in [0.3, 0.4) is 0 Å². The zero-order valence-corrected chi connectivity index (χ0v) is 31.7. The number of rotatable bonds is 8. The summed E-state index contributed by atoms with van der Waals surface area (Å²) < 4.78 is 0. The summed E-state index contributed by atoms with van der Waals surface area (Å²) in [5, 5.41) is 23.1. The van der Waals surface area contributed by atoms with Crippen molar-refractivity contribution in [3.8, 4) is 23.0 Å². The molecule has 5 aromatic carbocycles. The van der Waals surface area contributed by atoms with Crippen LogP contribution in [0.25, 0.3) is 66.9 Å². The Bertz CT molecular complexity index is 3110. The molecule has 0 radical (unpaired) electrons. The second kappa shape index (κ2) is 15.5. The minimum Gasteiger partial charge on any atom is -0.348 e. The van der Waals surface area contributed by atoms with E-state index >= 15 is 0 Å². The fourth-order valence-corrected chi connectivity index (χ4v) is 6.81. The molecule has 0 bridgehead atoms. The van der Waals surface area contributed by atoms with Crippen LogP contribution < -0.4 is 10.6 Å². The third-order valence-corrected chi connectivity index (χ3v) is 10.0. The number of pyridine rings is 1. The zero-order valence-electron chi connectivity index (χ0n) is 31.0. The van der Waals surface area contributed by atoms with Crippen molar-refractivity contribution in [3.05, 3.63) is 160 Å². The maximum Gasteiger partial charge on any atom is 0.251 e. The Hall–Kier alpha value is -7.64. The molecule has 0 aliphatic carbocycles. The standard InChI is InChI=1S/C23H19N5O.C21H15ClN6O/c1-14-6-2-3-7-16(14)13-24-23(29)15-10-11-19-20(12-15)26-22(25-19)21-17-8-4-5-9-18(17)27-28-21;22-18-8-5-12(10-23-18)11-24-21(29)13-6-7-16-17(9-13)26-20(25-16)19-14-3-1-2-4-15(14)27-28-19/h2-12H,13H2,1H3,(H,24,29)(H,25,26)(H,27,28);1-10H,11H2,(H,24,29)(H,25,26)(H,27,28). The van der Waals surface area contributed by atoms with Gasteiger partial charge in [0.2, 0.25) is 0 Å². The van der Waals surface area contributed by atoms with Gasteiger partial charge in [0, 0.05) is 41.2 Å². The van der Waals surface area contributed by atoms with E-state index < -0.39 is 0 Å². The number of benzene rings is 5. The number of nitrogens with zero attached hydrogens (tertiary/aromatic N) is 5. The highest BCUT2D eigenvalue weighted by Crippen LogP contribution is 2.28. The fourth-order valence-electron chi connectivity index (χ4n) is 6.70. The average molecular weight is 784 g/mol. The Morgan fingerprint density at radius 1 is 0.603 bits per heavy atom. The van der Waals surface area contributed by atoms with Crippen LogP contribution in [-0.2, 0) is 13.1 Å². The number of fused-ring (bicyclic) bond motifs is 4. The van der Waals surface area contributed by atoms with Crippen LogP contribution in [0.5, 0.6) is 0 Å².